The molecule has 0 radical (unpaired) electrons. The molecule has 0 aliphatic carbocycles. The van der Waals surface area contributed by atoms with Crippen molar-refractivity contribution in [1.29, 1.82) is 0 Å². The lowest BCUT2D eigenvalue weighted by molar-refractivity contribution is -0.0498. The predicted octanol–water partition coefficient (Wildman–Crippen LogP) is 4.46. The van der Waals surface area contributed by atoms with Crippen molar-refractivity contribution in [3.05, 3.63) is 21.6 Å². The summed E-state index contributed by atoms with van der Waals surface area (Å²) < 4.78 is 30.0. The third kappa shape index (κ3) is 4.97. The number of hydrogen-bond donors (Lipinski definition) is 1. The number of benzene rings is 1. The smallest absolute Gasteiger partial charge is 0.387 e. The van der Waals surface area contributed by atoms with E-state index < -0.39 is 6.61 Å². The number of rotatable bonds is 5. The molecule has 0 spiro atoms. The van der Waals surface area contributed by atoms with Crippen LogP contribution in [-0.4, -0.2) is 38.2 Å². The number of piperidine rings is 1. The fraction of sp³-hybridized carbons (Fsp3) is 0.571. The molecule has 3 nitrogen and oxygen atoms in total. The maximum absolute atomic E-state index is 12.5. The average molecular weight is 384 g/mol. The number of likely N-dealkylation sites (tertiary alicyclic amines) is 1. The fourth-order valence-electron chi connectivity index (χ4n) is 2.42. The zero-order chi connectivity index (χ0) is 15.4. The molecule has 1 saturated heterocycles. The van der Waals surface area contributed by atoms with Crippen LogP contribution >= 0.6 is 27.5 Å². The normalized spacial score (nSPS) is 17.2. The molecule has 0 amide bonds. The average Bonchev–Trinajstić information content (AvgIpc) is 2.41. The van der Waals surface area contributed by atoms with Crippen LogP contribution in [0.5, 0.6) is 5.75 Å². The number of halogens is 4. The van der Waals surface area contributed by atoms with Crippen LogP contribution in [-0.2, 0) is 0 Å². The number of ether oxygens (including phenoxy) is 1. The van der Waals surface area contributed by atoms with E-state index >= 15 is 0 Å². The van der Waals surface area contributed by atoms with Gasteiger partial charge in [-0.3, -0.25) is 0 Å². The highest BCUT2D eigenvalue weighted by molar-refractivity contribution is 9.10. The van der Waals surface area contributed by atoms with Crippen LogP contribution in [0.4, 0.5) is 14.5 Å². The van der Waals surface area contributed by atoms with E-state index in [0.717, 1.165) is 32.5 Å². The van der Waals surface area contributed by atoms with Gasteiger partial charge in [-0.2, -0.15) is 8.78 Å². The van der Waals surface area contributed by atoms with Gasteiger partial charge in [0.25, 0.3) is 0 Å². The summed E-state index contributed by atoms with van der Waals surface area (Å²) in [6.07, 6.45) is 2.19. The van der Waals surface area contributed by atoms with Crippen molar-refractivity contribution < 1.29 is 13.5 Å². The third-order valence-corrected chi connectivity index (χ3v) is 4.44. The van der Waals surface area contributed by atoms with E-state index in [4.69, 9.17) is 11.6 Å². The molecule has 118 valence electrons. The second-order valence-electron chi connectivity index (χ2n) is 5.27. The summed E-state index contributed by atoms with van der Waals surface area (Å²) in [6.45, 7) is -0.0237. The van der Waals surface area contributed by atoms with Crippen LogP contribution in [0.25, 0.3) is 0 Å². The van der Waals surface area contributed by atoms with Crippen molar-refractivity contribution in [3.63, 3.8) is 0 Å². The lowest BCUT2D eigenvalue weighted by Crippen LogP contribution is -2.33. The van der Waals surface area contributed by atoms with Crippen LogP contribution in [0.3, 0.4) is 0 Å². The molecule has 1 aliphatic heterocycles. The first-order valence-corrected chi connectivity index (χ1v) is 7.99. The van der Waals surface area contributed by atoms with E-state index in [1.807, 2.05) is 0 Å². The first kappa shape index (κ1) is 16.8. The molecule has 0 saturated carbocycles. The first-order chi connectivity index (χ1) is 9.95. The van der Waals surface area contributed by atoms with Gasteiger partial charge in [-0.05, 0) is 67.0 Å². The topological polar surface area (TPSA) is 24.5 Å². The quantitative estimate of drug-likeness (QED) is 0.812. The van der Waals surface area contributed by atoms with Crippen LogP contribution in [0.1, 0.15) is 12.8 Å². The Bertz CT molecular complexity index is 482. The summed E-state index contributed by atoms with van der Waals surface area (Å²) in [5, 5.41) is 3.66. The van der Waals surface area contributed by atoms with Gasteiger partial charge in [-0.15, -0.1) is 0 Å². The van der Waals surface area contributed by atoms with Crippen molar-refractivity contribution in [3.8, 4) is 5.75 Å². The summed E-state index contributed by atoms with van der Waals surface area (Å²) in [4.78, 5) is 2.29. The SMILES string of the molecule is CN1CCC(CNc2cc(Cl)cc(Br)c2OC(F)F)CC1. The van der Waals surface area contributed by atoms with Gasteiger partial charge in [-0.25, -0.2) is 0 Å². The Labute approximate surface area is 136 Å². The molecular formula is C14H18BrClF2N2O. The van der Waals surface area contributed by atoms with Gasteiger partial charge in [0.05, 0.1) is 10.2 Å². The molecule has 1 aliphatic rings. The van der Waals surface area contributed by atoms with E-state index in [1.165, 1.54) is 0 Å². The van der Waals surface area contributed by atoms with Crippen LogP contribution in [0.15, 0.2) is 16.6 Å². The Hall–Kier alpha value is -0.590. The first-order valence-electron chi connectivity index (χ1n) is 6.82. The zero-order valence-electron chi connectivity index (χ0n) is 11.7. The standard InChI is InChI=1S/C14H18BrClF2N2O/c1-20-4-2-9(3-5-20)8-19-12-7-10(16)6-11(15)13(12)21-14(17)18/h6-7,9,14,19H,2-5,8H2,1H3. The highest BCUT2D eigenvalue weighted by Gasteiger charge is 2.19. The molecule has 1 fully saturated rings. The number of nitrogens with one attached hydrogen (secondary N) is 1. The maximum atomic E-state index is 12.5. The van der Waals surface area contributed by atoms with Gasteiger partial charge in [-0.1, -0.05) is 11.6 Å². The lowest BCUT2D eigenvalue weighted by atomic mass is 9.97. The minimum Gasteiger partial charge on any atom is -0.431 e. The van der Waals surface area contributed by atoms with Gasteiger partial charge < -0.3 is 15.0 Å². The molecule has 0 unspecified atom stereocenters. The molecule has 2 rings (SSSR count). The van der Waals surface area contributed by atoms with Crippen LogP contribution < -0.4 is 10.1 Å². The lowest BCUT2D eigenvalue weighted by Gasteiger charge is -2.29. The molecule has 1 aromatic carbocycles. The third-order valence-electron chi connectivity index (χ3n) is 3.63. The largest absolute Gasteiger partial charge is 0.431 e. The molecule has 7 heteroatoms. The molecule has 1 N–H and O–H groups in total. The number of anilines is 1. The molecule has 1 aromatic rings. The van der Waals surface area contributed by atoms with E-state index in [-0.39, 0.29) is 5.75 Å². The van der Waals surface area contributed by atoms with E-state index in [9.17, 15) is 8.78 Å². The second-order valence-corrected chi connectivity index (χ2v) is 6.56. The molecule has 0 atom stereocenters. The highest BCUT2D eigenvalue weighted by Crippen LogP contribution is 2.37. The summed E-state index contributed by atoms with van der Waals surface area (Å²) in [6, 6.07) is 3.15. The van der Waals surface area contributed by atoms with Gasteiger partial charge in [0.2, 0.25) is 0 Å². The van der Waals surface area contributed by atoms with Crippen molar-refractivity contribution in [2.75, 3.05) is 32.0 Å². The van der Waals surface area contributed by atoms with E-state index in [0.29, 0.717) is 21.1 Å². The van der Waals surface area contributed by atoms with Crippen molar-refractivity contribution in [2.24, 2.45) is 5.92 Å². The minimum atomic E-state index is -2.87. The Balaban J connectivity index is 2.04. The fourth-order valence-corrected chi connectivity index (χ4v) is 3.32. The molecule has 21 heavy (non-hydrogen) atoms. The highest BCUT2D eigenvalue weighted by atomic mass is 79.9. The molecule has 0 bridgehead atoms. The molecule has 0 aromatic heterocycles. The predicted molar refractivity (Wildman–Crippen MR) is 84.5 cm³/mol. The summed E-state index contributed by atoms with van der Waals surface area (Å²) in [7, 11) is 2.10. The van der Waals surface area contributed by atoms with Crippen molar-refractivity contribution in [2.45, 2.75) is 19.5 Å². The second kappa shape index (κ2) is 7.61. The van der Waals surface area contributed by atoms with Gasteiger partial charge >= 0.3 is 6.61 Å². The Morgan fingerprint density at radius 1 is 1.43 bits per heavy atom. The van der Waals surface area contributed by atoms with Gasteiger partial charge in [0, 0.05) is 11.6 Å². The van der Waals surface area contributed by atoms with Crippen LogP contribution in [0, 0.1) is 5.92 Å². The molecule has 1 heterocycles. The minimum absolute atomic E-state index is 0.0994. The van der Waals surface area contributed by atoms with Crippen molar-refractivity contribution >= 4 is 33.2 Å². The van der Waals surface area contributed by atoms with E-state index in [1.54, 1.807) is 12.1 Å². The maximum Gasteiger partial charge on any atom is 0.387 e. The Kier molecular flexibility index (Phi) is 6.08. The zero-order valence-corrected chi connectivity index (χ0v) is 14.1. The van der Waals surface area contributed by atoms with Gasteiger partial charge in [0.15, 0.2) is 5.75 Å². The summed E-state index contributed by atoms with van der Waals surface area (Å²) >= 11 is 9.19. The number of hydrogen-bond acceptors (Lipinski definition) is 3. The summed E-state index contributed by atoms with van der Waals surface area (Å²) in [5.41, 5.74) is 0.494. The monoisotopic (exact) mass is 382 g/mol. The molecular weight excluding hydrogens is 366 g/mol. The van der Waals surface area contributed by atoms with Gasteiger partial charge in [0.1, 0.15) is 0 Å². The number of nitrogens with zero attached hydrogens (tertiary/aromatic N) is 1. The Morgan fingerprint density at radius 2 is 2.10 bits per heavy atom. The Morgan fingerprint density at radius 3 is 2.71 bits per heavy atom. The van der Waals surface area contributed by atoms with E-state index in [2.05, 4.69) is 37.9 Å². The summed E-state index contributed by atoms with van der Waals surface area (Å²) in [5.74, 6) is 0.626. The van der Waals surface area contributed by atoms with Crippen LogP contribution in [0.2, 0.25) is 5.02 Å². The van der Waals surface area contributed by atoms with Crippen molar-refractivity contribution in [1.82, 2.24) is 4.90 Å². The number of alkyl halides is 2.